The Kier molecular flexibility index (Phi) is 5.88. The van der Waals surface area contributed by atoms with Gasteiger partial charge < -0.3 is 18.5 Å². The van der Waals surface area contributed by atoms with Crippen LogP contribution in [-0.4, -0.2) is 17.4 Å². The monoisotopic (exact) mass is 433 g/mol. The Labute approximate surface area is 179 Å². The summed E-state index contributed by atoms with van der Waals surface area (Å²) >= 11 is 12.0. The van der Waals surface area contributed by atoms with Gasteiger partial charge in [-0.15, -0.1) is 0 Å². The Bertz CT molecular complexity index is 983. The molecule has 2 aromatic heterocycles. The molecular formula is C22H21Cl2NO4. The molecular weight excluding hydrogens is 413 g/mol. The van der Waals surface area contributed by atoms with Crippen molar-refractivity contribution in [3.8, 4) is 5.75 Å². The molecule has 0 radical (unpaired) electrons. The topological polar surface area (TPSA) is 55.8 Å². The average Bonchev–Trinajstić information content (AvgIpc) is 3.09. The number of benzene rings is 1. The summed E-state index contributed by atoms with van der Waals surface area (Å²) in [6, 6.07) is 12.4. The van der Waals surface area contributed by atoms with Gasteiger partial charge in [0, 0.05) is 10.9 Å². The minimum atomic E-state index is -0.204. The molecule has 0 saturated heterocycles. The molecule has 2 unspecified atom stereocenters. The van der Waals surface area contributed by atoms with Crippen molar-refractivity contribution in [1.82, 2.24) is 4.90 Å². The molecule has 7 heteroatoms. The second-order valence-corrected chi connectivity index (χ2v) is 8.16. The highest BCUT2D eigenvalue weighted by molar-refractivity contribution is 6.35. The van der Waals surface area contributed by atoms with Crippen molar-refractivity contribution in [2.24, 2.45) is 5.92 Å². The van der Waals surface area contributed by atoms with Gasteiger partial charge in [0.25, 0.3) is 5.91 Å². The third-order valence-corrected chi connectivity index (χ3v) is 5.56. The van der Waals surface area contributed by atoms with E-state index in [1.165, 1.54) is 0 Å². The van der Waals surface area contributed by atoms with Gasteiger partial charge in [-0.2, -0.15) is 0 Å². The van der Waals surface area contributed by atoms with Gasteiger partial charge in [0.05, 0.1) is 24.4 Å². The van der Waals surface area contributed by atoms with Crippen molar-refractivity contribution < 1.29 is 18.4 Å². The number of hydrogen-bond donors (Lipinski definition) is 0. The average molecular weight is 434 g/mol. The summed E-state index contributed by atoms with van der Waals surface area (Å²) in [4.78, 5) is 14.5. The summed E-state index contributed by atoms with van der Waals surface area (Å²) < 4.78 is 17.0. The molecule has 152 valence electrons. The van der Waals surface area contributed by atoms with Crippen LogP contribution in [-0.2, 0) is 17.9 Å². The minimum absolute atomic E-state index is 0.157. The second kappa shape index (κ2) is 8.56. The highest BCUT2D eigenvalue weighted by Crippen LogP contribution is 2.47. The molecule has 3 aromatic rings. The molecule has 0 N–H and O–H groups in total. The lowest BCUT2D eigenvalue weighted by atomic mass is 10.3. The van der Waals surface area contributed by atoms with Crippen LogP contribution in [0.1, 0.15) is 36.5 Å². The molecule has 0 bridgehead atoms. The predicted octanol–water partition coefficient (Wildman–Crippen LogP) is 5.91. The van der Waals surface area contributed by atoms with Gasteiger partial charge in [0.2, 0.25) is 0 Å². The van der Waals surface area contributed by atoms with E-state index in [0.717, 1.165) is 17.9 Å². The highest BCUT2D eigenvalue weighted by Gasteiger charge is 2.36. The number of rotatable bonds is 8. The molecule has 1 aromatic carbocycles. The first-order chi connectivity index (χ1) is 14.0. The van der Waals surface area contributed by atoms with E-state index in [9.17, 15) is 4.79 Å². The lowest BCUT2D eigenvalue weighted by Crippen LogP contribution is -2.33. The number of amides is 1. The largest absolute Gasteiger partial charge is 0.482 e. The van der Waals surface area contributed by atoms with Crippen molar-refractivity contribution in [1.29, 1.82) is 0 Å². The number of ether oxygens (including phenoxy) is 1. The fourth-order valence-electron chi connectivity index (χ4n) is 3.23. The zero-order valence-electron chi connectivity index (χ0n) is 15.9. The maximum atomic E-state index is 12.9. The lowest BCUT2D eigenvalue weighted by Gasteiger charge is -2.21. The SMILES string of the molecule is CC1CC1c1ccc(CN(Cc2ccco2)C(=O)COc2ccc(Cl)cc2Cl)o1. The lowest BCUT2D eigenvalue weighted by molar-refractivity contribution is -0.135. The molecule has 0 spiro atoms. The van der Waals surface area contributed by atoms with Crippen molar-refractivity contribution in [2.45, 2.75) is 32.4 Å². The number of carbonyl (C=O) groups is 1. The van der Waals surface area contributed by atoms with Gasteiger partial charge in [0.15, 0.2) is 6.61 Å². The molecule has 2 atom stereocenters. The molecule has 29 heavy (non-hydrogen) atoms. The molecule has 1 aliphatic carbocycles. The summed E-state index contributed by atoms with van der Waals surface area (Å²) in [5.41, 5.74) is 0. The molecule has 1 fully saturated rings. The smallest absolute Gasteiger partial charge is 0.261 e. The third kappa shape index (κ3) is 4.98. The van der Waals surface area contributed by atoms with Crippen LogP contribution < -0.4 is 4.74 Å². The summed E-state index contributed by atoms with van der Waals surface area (Å²) in [5.74, 6) is 3.77. The Hall–Kier alpha value is -2.37. The quantitative estimate of drug-likeness (QED) is 0.442. The molecule has 1 amide bonds. The van der Waals surface area contributed by atoms with E-state index in [1.807, 2.05) is 18.2 Å². The van der Waals surface area contributed by atoms with E-state index in [2.05, 4.69) is 6.92 Å². The molecule has 2 heterocycles. The van der Waals surface area contributed by atoms with Crippen LogP contribution in [0.3, 0.4) is 0 Å². The van der Waals surface area contributed by atoms with E-state index in [0.29, 0.717) is 46.5 Å². The molecule has 0 aliphatic heterocycles. The van der Waals surface area contributed by atoms with E-state index in [4.69, 9.17) is 36.8 Å². The van der Waals surface area contributed by atoms with Crippen LogP contribution in [0.25, 0.3) is 0 Å². The van der Waals surface area contributed by atoms with E-state index >= 15 is 0 Å². The molecule has 1 saturated carbocycles. The number of carbonyl (C=O) groups excluding carboxylic acids is 1. The number of furan rings is 2. The van der Waals surface area contributed by atoms with Crippen LogP contribution in [0.2, 0.25) is 10.0 Å². The van der Waals surface area contributed by atoms with Gasteiger partial charge in [-0.1, -0.05) is 30.1 Å². The number of hydrogen-bond acceptors (Lipinski definition) is 4. The Balaban J connectivity index is 1.44. The normalized spacial score (nSPS) is 17.9. The number of nitrogens with zero attached hydrogens (tertiary/aromatic N) is 1. The summed E-state index contributed by atoms with van der Waals surface area (Å²) in [6.07, 6.45) is 2.74. The predicted molar refractivity (Wildman–Crippen MR) is 110 cm³/mol. The molecule has 1 aliphatic rings. The standard InChI is InChI=1S/C22H21Cl2NO4/c1-14-9-18(14)20-7-5-17(29-20)12-25(11-16-3-2-8-27-16)22(26)13-28-21-6-4-15(23)10-19(21)24/h2-8,10,14,18H,9,11-13H2,1H3. The first-order valence-electron chi connectivity index (χ1n) is 9.46. The molecule has 4 rings (SSSR count). The van der Waals surface area contributed by atoms with Crippen LogP contribution in [0, 0.1) is 5.92 Å². The highest BCUT2D eigenvalue weighted by atomic mass is 35.5. The Morgan fingerprint density at radius 3 is 2.66 bits per heavy atom. The van der Waals surface area contributed by atoms with Crippen molar-refractivity contribution in [3.63, 3.8) is 0 Å². The molecule has 5 nitrogen and oxygen atoms in total. The van der Waals surface area contributed by atoms with E-state index in [-0.39, 0.29) is 12.5 Å². The van der Waals surface area contributed by atoms with Crippen molar-refractivity contribution in [3.05, 3.63) is 76.1 Å². The summed E-state index contributed by atoms with van der Waals surface area (Å²) in [7, 11) is 0. The van der Waals surface area contributed by atoms with E-state index in [1.54, 1.807) is 35.4 Å². The van der Waals surface area contributed by atoms with Crippen molar-refractivity contribution >= 4 is 29.1 Å². The zero-order valence-corrected chi connectivity index (χ0v) is 17.4. The fourth-order valence-corrected chi connectivity index (χ4v) is 3.69. The van der Waals surface area contributed by atoms with Gasteiger partial charge in [-0.3, -0.25) is 4.79 Å². The Morgan fingerprint density at radius 2 is 1.97 bits per heavy atom. The third-order valence-electron chi connectivity index (χ3n) is 5.03. The van der Waals surface area contributed by atoms with E-state index < -0.39 is 0 Å². The summed E-state index contributed by atoms with van der Waals surface area (Å²) in [6.45, 7) is 2.70. The van der Waals surface area contributed by atoms with Crippen LogP contribution in [0.5, 0.6) is 5.75 Å². The number of halogens is 2. The van der Waals surface area contributed by atoms with Gasteiger partial charge in [-0.25, -0.2) is 0 Å². The van der Waals surface area contributed by atoms with Crippen LogP contribution in [0.15, 0.2) is 57.6 Å². The first-order valence-corrected chi connectivity index (χ1v) is 10.2. The van der Waals surface area contributed by atoms with Crippen LogP contribution in [0.4, 0.5) is 0 Å². The summed E-state index contributed by atoms with van der Waals surface area (Å²) in [5, 5.41) is 0.865. The van der Waals surface area contributed by atoms with Gasteiger partial charge in [0.1, 0.15) is 23.0 Å². The van der Waals surface area contributed by atoms with Crippen LogP contribution >= 0.6 is 23.2 Å². The van der Waals surface area contributed by atoms with Crippen molar-refractivity contribution in [2.75, 3.05) is 6.61 Å². The maximum Gasteiger partial charge on any atom is 0.261 e. The zero-order chi connectivity index (χ0) is 20.4. The maximum absolute atomic E-state index is 12.9. The van der Waals surface area contributed by atoms with Gasteiger partial charge >= 0.3 is 0 Å². The van der Waals surface area contributed by atoms with Gasteiger partial charge in [-0.05, 0) is 54.8 Å². The minimum Gasteiger partial charge on any atom is -0.482 e. The Morgan fingerprint density at radius 1 is 1.17 bits per heavy atom. The first kappa shape index (κ1) is 19.9. The fraction of sp³-hybridized carbons (Fsp3) is 0.318. The second-order valence-electron chi connectivity index (χ2n) is 7.32.